The number of hydrogen-bond donors (Lipinski definition) is 1. The molecular weight excluding hydrogens is 397 g/mol. The van der Waals surface area contributed by atoms with Crippen molar-refractivity contribution in [3.8, 4) is 0 Å². The van der Waals surface area contributed by atoms with Crippen LogP contribution in [0.25, 0.3) is 0 Å². The summed E-state index contributed by atoms with van der Waals surface area (Å²) in [5, 5.41) is 4.53. The maximum absolute atomic E-state index is 6.50. The van der Waals surface area contributed by atoms with Crippen LogP contribution in [0.15, 0.2) is 61.2 Å². The highest BCUT2D eigenvalue weighted by Crippen LogP contribution is 2.40. The number of ether oxygens (including phenoxy) is 2. The number of nitrogens with one attached hydrogen (secondary N) is 1. The number of imidazole rings is 1. The summed E-state index contributed by atoms with van der Waals surface area (Å²) in [5.74, 6) is -1.000. The van der Waals surface area contributed by atoms with Gasteiger partial charge in [-0.1, -0.05) is 47.5 Å². The first kappa shape index (κ1) is 19.3. The first-order valence-electron chi connectivity index (χ1n) is 9.08. The van der Waals surface area contributed by atoms with E-state index in [2.05, 4.69) is 29.4 Å². The monoisotopic (exact) mass is 417 g/mol. The molecule has 4 rings (SSSR count). The quantitative estimate of drug-likeness (QED) is 0.620. The molecule has 0 aliphatic carbocycles. The normalized spacial score (nSPS) is 21.8. The molecule has 3 aromatic rings. The van der Waals surface area contributed by atoms with Gasteiger partial charge in [-0.05, 0) is 30.7 Å². The molecule has 1 aromatic heterocycles. The second-order valence-corrected chi connectivity index (χ2v) is 7.70. The summed E-state index contributed by atoms with van der Waals surface area (Å²) in [4.78, 5) is 4.12. The van der Waals surface area contributed by atoms with E-state index in [4.69, 9.17) is 32.7 Å². The van der Waals surface area contributed by atoms with Crippen LogP contribution in [0.1, 0.15) is 11.1 Å². The Morgan fingerprint density at radius 2 is 2.11 bits per heavy atom. The lowest BCUT2D eigenvalue weighted by atomic mass is 10.1. The average Bonchev–Trinajstić information content (AvgIpc) is 3.32. The number of hydrogen-bond acceptors (Lipinski definition) is 4. The van der Waals surface area contributed by atoms with E-state index in [0.717, 1.165) is 11.3 Å². The summed E-state index contributed by atoms with van der Waals surface area (Å²) in [7, 11) is 0. The van der Waals surface area contributed by atoms with Gasteiger partial charge in [-0.25, -0.2) is 4.98 Å². The zero-order chi connectivity index (χ0) is 19.6. The Balaban J connectivity index is 1.56. The van der Waals surface area contributed by atoms with Gasteiger partial charge in [0, 0.05) is 35.2 Å². The Bertz CT molecular complexity index is 949. The zero-order valence-electron chi connectivity index (χ0n) is 15.4. The van der Waals surface area contributed by atoms with Gasteiger partial charge in [0.1, 0.15) is 6.10 Å². The van der Waals surface area contributed by atoms with Crippen molar-refractivity contribution in [3.63, 3.8) is 0 Å². The van der Waals surface area contributed by atoms with Crippen LogP contribution in [-0.4, -0.2) is 28.8 Å². The van der Waals surface area contributed by atoms with Gasteiger partial charge in [-0.15, -0.1) is 0 Å². The molecule has 1 saturated heterocycles. The number of rotatable bonds is 6. The van der Waals surface area contributed by atoms with E-state index in [9.17, 15) is 0 Å². The van der Waals surface area contributed by atoms with Crippen LogP contribution in [0.5, 0.6) is 0 Å². The molecule has 0 saturated carbocycles. The van der Waals surface area contributed by atoms with Crippen molar-refractivity contribution in [2.24, 2.45) is 0 Å². The van der Waals surface area contributed by atoms with E-state index < -0.39 is 5.79 Å². The van der Waals surface area contributed by atoms with E-state index in [1.54, 1.807) is 24.7 Å². The predicted octanol–water partition coefficient (Wildman–Crippen LogP) is 4.88. The third-order valence-corrected chi connectivity index (χ3v) is 5.36. The van der Waals surface area contributed by atoms with E-state index in [1.807, 2.05) is 29.0 Å². The molecule has 28 heavy (non-hydrogen) atoms. The van der Waals surface area contributed by atoms with Crippen molar-refractivity contribution in [2.45, 2.75) is 25.4 Å². The second-order valence-electron chi connectivity index (χ2n) is 6.86. The minimum atomic E-state index is -1.000. The smallest absolute Gasteiger partial charge is 0.215 e. The predicted molar refractivity (Wildman–Crippen MR) is 111 cm³/mol. The van der Waals surface area contributed by atoms with Crippen LogP contribution in [-0.2, 0) is 21.8 Å². The van der Waals surface area contributed by atoms with Crippen molar-refractivity contribution < 1.29 is 9.47 Å². The van der Waals surface area contributed by atoms with Crippen LogP contribution >= 0.6 is 23.2 Å². The highest BCUT2D eigenvalue weighted by atomic mass is 35.5. The van der Waals surface area contributed by atoms with E-state index >= 15 is 0 Å². The van der Waals surface area contributed by atoms with Gasteiger partial charge in [0.25, 0.3) is 0 Å². The van der Waals surface area contributed by atoms with Gasteiger partial charge in [-0.2, -0.15) is 0 Å². The molecule has 1 aliphatic rings. The third kappa shape index (κ3) is 4.03. The molecule has 0 bridgehead atoms. The van der Waals surface area contributed by atoms with Gasteiger partial charge < -0.3 is 19.4 Å². The molecule has 2 aromatic carbocycles. The maximum Gasteiger partial charge on any atom is 0.215 e. The van der Waals surface area contributed by atoms with Crippen molar-refractivity contribution in [1.82, 2.24) is 9.55 Å². The minimum Gasteiger partial charge on any atom is -0.382 e. The lowest BCUT2D eigenvalue weighted by molar-refractivity contribution is -0.185. The van der Waals surface area contributed by atoms with E-state index in [1.165, 1.54) is 5.56 Å². The largest absolute Gasteiger partial charge is 0.382 e. The average molecular weight is 418 g/mol. The SMILES string of the molecule is Cc1ccccc1NCC1COC(Cn2ccnc2)(c2ccc(Cl)cc2Cl)O1. The summed E-state index contributed by atoms with van der Waals surface area (Å²) < 4.78 is 14.6. The fourth-order valence-electron chi connectivity index (χ4n) is 3.39. The number of halogens is 2. The van der Waals surface area contributed by atoms with Crippen LogP contribution in [0.3, 0.4) is 0 Å². The molecule has 7 heteroatoms. The summed E-state index contributed by atoms with van der Waals surface area (Å²) in [6, 6.07) is 13.5. The van der Waals surface area contributed by atoms with E-state index in [-0.39, 0.29) is 6.10 Å². The Labute approximate surface area is 174 Å². The number of aryl methyl sites for hydroxylation is 1. The topological polar surface area (TPSA) is 48.3 Å². The molecular formula is C21H21Cl2N3O2. The maximum atomic E-state index is 6.50. The van der Waals surface area contributed by atoms with Crippen molar-refractivity contribution in [2.75, 3.05) is 18.5 Å². The zero-order valence-corrected chi connectivity index (χ0v) is 17.0. The lowest BCUT2D eigenvalue weighted by Crippen LogP contribution is -2.34. The van der Waals surface area contributed by atoms with E-state index in [0.29, 0.717) is 29.7 Å². The summed E-state index contributed by atoms with van der Waals surface area (Å²) in [5.41, 5.74) is 3.03. The molecule has 1 fully saturated rings. The molecule has 2 heterocycles. The lowest BCUT2D eigenvalue weighted by Gasteiger charge is -2.30. The molecule has 0 amide bonds. The molecule has 1 aliphatic heterocycles. The van der Waals surface area contributed by atoms with Gasteiger partial charge in [0.05, 0.1) is 24.5 Å². The molecule has 0 radical (unpaired) electrons. The third-order valence-electron chi connectivity index (χ3n) is 4.82. The number of para-hydroxylation sites is 1. The van der Waals surface area contributed by atoms with Crippen molar-refractivity contribution in [1.29, 1.82) is 0 Å². The van der Waals surface area contributed by atoms with Crippen LogP contribution in [0.4, 0.5) is 5.69 Å². The fraction of sp³-hybridized carbons (Fsp3) is 0.286. The molecule has 5 nitrogen and oxygen atoms in total. The number of aromatic nitrogens is 2. The number of nitrogens with zero attached hydrogens (tertiary/aromatic N) is 2. The van der Waals surface area contributed by atoms with Crippen LogP contribution in [0.2, 0.25) is 10.0 Å². The van der Waals surface area contributed by atoms with Crippen LogP contribution in [0, 0.1) is 6.92 Å². The molecule has 2 unspecified atom stereocenters. The molecule has 0 spiro atoms. The van der Waals surface area contributed by atoms with Crippen LogP contribution < -0.4 is 5.32 Å². The van der Waals surface area contributed by atoms with Gasteiger partial charge in [0.15, 0.2) is 0 Å². The molecule has 1 N–H and O–H groups in total. The molecule has 2 atom stereocenters. The Hall–Kier alpha value is -2.05. The van der Waals surface area contributed by atoms with Gasteiger partial charge in [-0.3, -0.25) is 0 Å². The summed E-state index contributed by atoms with van der Waals surface area (Å²) >= 11 is 12.6. The second kappa shape index (κ2) is 8.13. The van der Waals surface area contributed by atoms with Gasteiger partial charge >= 0.3 is 0 Å². The standard InChI is InChI=1S/C21H21Cl2N3O2/c1-15-4-2-3-5-20(15)25-11-17-12-27-21(28-17,13-26-9-8-24-14-26)18-7-6-16(22)10-19(18)23/h2-10,14,17,25H,11-13H2,1H3. The number of benzene rings is 2. The molecule has 146 valence electrons. The van der Waals surface area contributed by atoms with Gasteiger partial charge in [0.2, 0.25) is 5.79 Å². The first-order chi connectivity index (χ1) is 13.6. The number of anilines is 1. The van der Waals surface area contributed by atoms with Crippen molar-refractivity contribution in [3.05, 3.63) is 82.4 Å². The summed E-state index contributed by atoms with van der Waals surface area (Å²) in [6.45, 7) is 3.59. The highest BCUT2D eigenvalue weighted by molar-refractivity contribution is 6.35. The summed E-state index contributed by atoms with van der Waals surface area (Å²) in [6.07, 6.45) is 5.20. The van der Waals surface area contributed by atoms with Crippen molar-refractivity contribution >= 4 is 28.9 Å². The minimum absolute atomic E-state index is 0.130. The highest BCUT2D eigenvalue weighted by Gasteiger charge is 2.45. The Morgan fingerprint density at radius 1 is 1.25 bits per heavy atom. The first-order valence-corrected chi connectivity index (χ1v) is 9.84. The Morgan fingerprint density at radius 3 is 2.86 bits per heavy atom. The Kier molecular flexibility index (Phi) is 5.60. The fourth-order valence-corrected chi connectivity index (χ4v) is 3.94.